The molecule has 1 aromatic carbocycles. The lowest BCUT2D eigenvalue weighted by Gasteiger charge is -2.11. The molecule has 1 unspecified atom stereocenters. The van der Waals surface area contributed by atoms with Gasteiger partial charge in [-0.3, -0.25) is 14.5 Å². The molecular formula is C14H19N3O4S. The molecule has 0 saturated carbocycles. The van der Waals surface area contributed by atoms with Gasteiger partial charge in [-0.15, -0.1) is 0 Å². The third kappa shape index (κ3) is 3.83. The van der Waals surface area contributed by atoms with E-state index in [0.717, 1.165) is 0 Å². The van der Waals surface area contributed by atoms with Gasteiger partial charge in [0, 0.05) is 25.1 Å². The Morgan fingerprint density at radius 3 is 2.86 bits per heavy atom. The zero-order valence-electron chi connectivity index (χ0n) is 12.5. The number of fused-ring (bicyclic) bond motifs is 1. The zero-order valence-corrected chi connectivity index (χ0v) is 13.3. The summed E-state index contributed by atoms with van der Waals surface area (Å²) in [5.74, 6) is 0.136. The summed E-state index contributed by atoms with van der Waals surface area (Å²) in [6.07, 6.45) is 0.182. The molecule has 2 rings (SSSR count). The second-order valence-corrected chi connectivity index (χ2v) is 6.66. The second-order valence-electron chi connectivity index (χ2n) is 5.01. The Balaban J connectivity index is 1.97. The van der Waals surface area contributed by atoms with Crippen LogP contribution in [0.25, 0.3) is 0 Å². The molecule has 1 aliphatic heterocycles. The molecule has 22 heavy (non-hydrogen) atoms. The van der Waals surface area contributed by atoms with Crippen LogP contribution in [0.4, 0.5) is 0 Å². The fraction of sp³-hybridized carbons (Fsp3) is 0.429. The lowest BCUT2D eigenvalue weighted by Crippen LogP contribution is -2.35. The number of methoxy groups -OCH3 is 1. The van der Waals surface area contributed by atoms with Crippen molar-refractivity contribution in [3.63, 3.8) is 0 Å². The molecule has 1 heterocycles. The Labute approximate surface area is 129 Å². The van der Waals surface area contributed by atoms with Gasteiger partial charge in [-0.2, -0.15) is 0 Å². The van der Waals surface area contributed by atoms with Gasteiger partial charge in [-0.25, -0.2) is 8.42 Å². The highest BCUT2D eigenvalue weighted by molar-refractivity contribution is 7.90. The van der Waals surface area contributed by atoms with Crippen LogP contribution in [0, 0.1) is 0 Å². The van der Waals surface area contributed by atoms with Gasteiger partial charge >= 0.3 is 0 Å². The fourth-order valence-corrected chi connectivity index (χ4v) is 3.41. The number of ether oxygens (including phenoxy) is 1. The van der Waals surface area contributed by atoms with Crippen LogP contribution >= 0.6 is 0 Å². The molecule has 0 aromatic heterocycles. The first-order chi connectivity index (χ1) is 10.4. The minimum Gasteiger partial charge on any atom is -0.383 e. The van der Waals surface area contributed by atoms with E-state index in [-0.39, 0.29) is 35.6 Å². The molecule has 0 bridgehead atoms. The number of carbonyl (C=O) groups is 1. The van der Waals surface area contributed by atoms with Gasteiger partial charge < -0.3 is 10.1 Å². The normalized spacial score (nSPS) is 18.5. The van der Waals surface area contributed by atoms with Crippen molar-refractivity contribution in [3.05, 3.63) is 29.8 Å². The molecule has 0 fully saturated rings. The maximum absolute atomic E-state index is 11.9. The van der Waals surface area contributed by atoms with Crippen molar-refractivity contribution in [2.75, 3.05) is 20.3 Å². The Bertz CT molecular complexity index is 685. The van der Waals surface area contributed by atoms with E-state index in [1.165, 1.54) is 6.07 Å². The molecule has 1 amide bonds. The lowest BCUT2D eigenvalue weighted by atomic mass is 10.2. The molecule has 1 aliphatic rings. The average Bonchev–Trinajstić information content (AvgIpc) is 2.71. The van der Waals surface area contributed by atoms with E-state index >= 15 is 0 Å². The number of rotatable bonds is 6. The first-order valence-electron chi connectivity index (χ1n) is 6.89. The van der Waals surface area contributed by atoms with Crippen LogP contribution in [0.5, 0.6) is 0 Å². The number of nitrogens with zero attached hydrogens (tertiary/aromatic N) is 1. The molecule has 0 aliphatic carbocycles. The number of aliphatic imine (C=N–C) groups is 1. The van der Waals surface area contributed by atoms with Crippen LogP contribution < -0.4 is 10.0 Å². The molecular weight excluding hydrogens is 306 g/mol. The number of benzene rings is 1. The monoisotopic (exact) mass is 325 g/mol. The first-order valence-corrected chi connectivity index (χ1v) is 8.37. The molecule has 120 valence electrons. The van der Waals surface area contributed by atoms with Gasteiger partial charge in [0.05, 0.1) is 18.0 Å². The van der Waals surface area contributed by atoms with Crippen molar-refractivity contribution in [3.8, 4) is 0 Å². The van der Waals surface area contributed by atoms with Crippen molar-refractivity contribution >= 4 is 21.8 Å². The van der Waals surface area contributed by atoms with Crippen molar-refractivity contribution in [1.82, 2.24) is 10.0 Å². The minimum absolute atomic E-state index is 0.0733. The van der Waals surface area contributed by atoms with Crippen molar-refractivity contribution in [2.45, 2.75) is 24.3 Å². The van der Waals surface area contributed by atoms with E-state index in [4.69, 9.17) is 4.74 Å². The molecule has 8 heteroatoms. The maximum Gasteiger partial charge on any atom is 0.263 e. The number of nitrogens with one attached hydrogen (secondary N) is 2. The number of carbonyl (C=O) groups excluding carboxylic acids is 1. The Hall–Kier alpha value is -1.93. The van der Waals surface area contributed by atoms with E-state index in [2.05, 4.69) is 15.0 Å². The molecule has 0 radical (unpaired) electrons. The Kier molecular flexibility index (Phi) is 5.15. The quantitative estimate of drug-likeness (QED) is 0.784. The van der Waals surface area contributed by atoms with E-state index in [9.17, 15) is 13.2 Å². The van der Waals surface area contributed by atoms with E-state index < -0.39 is 10.0 Å². The van der Waals surface area contributed by atoms with Gasteiger partial charge in [-0.1, -0.05) is 12.1 Å². The highest BCUT2D eigenvalue weighted by atomic mass is 32.2. The summed E-state index contributed by atoms with van der Waals surface area (Å²) in [6, 6.07) is 6.55. The summed E-state index contributed by atoms with van der Waals surface area (Å²) in [5.41, 5.74) is 0.538. The van der Waals surface area contributed by atoms with Crippen LogP contribution in [0.2, 0.25) is 0 Å². The number of hydrogen-bond donors (Lipinski definition) is 2. The largest absolute Gasteiger partial charge is 0.383 e. The van der Waals surface area contributed by atoms with Crippen LogP contribution in [-0.2, 0) is 19.6 Å². The van der Waals surface area contributed by atoms with Crippen molar-refractivity contribution < 1.29 is 17.9 Å². The predicted octanol–water partition coefficient (Wildman–Crippen LogP) is 0.266. The van der Waals surface area contributed by atoms with Gasteiger partial charge in [0.2, 0.25) is 5.91 Å². The number of amidine groups is 1. The minimum atomic E-state index is -3.53. The highest BCUT2D eigenvalue weighted by Gasteiger charge is 2.29. The number of amides is 1. The second kappa shape index (κ2) is 6.89. The van der Waals surface area contributed by atoms with Crippen molar-refractivity contribution in [1.29, 1.82) is 0 Å². The summed E-state index contributed by atoms with van der Waals surface area (Å²) >= 11 is 0. The van der Waals surface area contributed by atoms with E-state index in [0.29, 0.717) is 12.2 Å². The SMILES string of the molecule is COCC(C)NC(=O)CCN=C1NS(=O)(=O)c2ccccc21. The smallest absolute Gasteiger partial charge is 0.263 e. The average molecular weight is 325 g/mol. The number of sulfonamides is 1. The number of hydrogen-bond acceptors (Lipinski definition) is 5. The van der Waals surface area contributed by atoms with E-state index in [1.54, 1.807) is 25.3 Å². The summed E-state index contributed by atoms with van der Waals surface area (Å²) in [6.45, 7) is 2.49. The summed E-state index contributed by atoms with van der Waals surface area (Å²) in [7, 11) is -1.96. The molecule has 7 nitrogen and oxygen atoms in total. The summed E-state index contributed by atoms with van der Waals surface area (Å²) in [4.78, 5) is 16.1. The molecule has 0 saturated heterocycles. The Morgan fingerprint density at radius 2 is 2.14 bits per heavy atom. The van der Waals surface area contributed by atoms with Crippen LogP contribution in [0.15, 0.2) is 34.2 Å². The first kappa shape index (κ1) is 16.4. The van der Waals surface area contributed by atoms with Crippen LogP contribution in [0.3, 0.4) is 0 Å². The van der Waals surface area contributed by atoms with Crippen molar-refractivity contribution in [2.24, 2.45) is 4.99 Å². The molecule has 0 spiro atoms. The fourth-order valence-electron chi connectivity index (χ4n) is 2.16. The molecule has 1 atom stereocenters. The predicted molar refractivity (Wildman–Crippen MR) is 82.3 cm³/mol. The summed E-state index contributed by atoms with van der Waals surface area (Å²) in [5, 5.41) is 2.77. The highest BCUT2D eigenvalue weighted by Crippen LogP contribution is 2.22. The topological polar surface area (TPSA) is 96.9 Å². The zero-order chi connectivity index (χ0) is 16.2. The van der Waals surface area contributed by atoms with Gasteiger partial charge in [0.15, 0.2) is 0 Å². The maximum atomic E-state index is 11.9. The van der Waals surface area contributed by atoms with E-state index in [1.807, 2.05) is 6.92 Å². The third-order valence-corrected chi connectivity index (χ3v) is 4.49. The Morgan fingerprint density at radius 1 is 1.41 bits per heavy atom. The standard InChI is InChI=1S/C14H19N3O4S/c1-10(9-21-2)16-13(18)7-8-15-14-11-5-3-4-6-12(11)22(19,20)17-14/h3-6,10H,7-9H2,1-2H3,(H,15,17)(H,16,18). The summed E-state index contributed by atoms with van der Waals surface area (Å²) < 4.78 is 31.1. The van der Waals surface area contributed by atoms with Crippen LogP contribution in [-0.4, -0.2) is 46.5 Å². The lowest BCUT2D eigenvalue weighted by molar-refractivity contribution is -0.121. The molecule has 1 aromatic rings. The van der Waals surface area contributed by atoms with Gasteiger partial charge in [0.25, 0.3) is 10.0 Å². The third-order valence-electron chi connectivity index (χ3n) is 3.10. The van der Waals surface area contributed by atoms with Crippen LogP contribution in [0.1, 0.15) is 18.9 Å². The van der Waals surface area contributed by atoms with Gasteiger partial charge in [0.1, 0.15) is 5.84 Å². The molecule has 2 N–H and O–H groups in total. The van der Waals surface area contributed by atoms with Gasteiger partial charge in [-0.05, 0) is 19.1 Å².